The fourth-order valence-corrected chi connectivity index (χ4v) is 1.67. The summed E-state index contributed by atoms with van der Waals surface area (Å²) in [5.41, 5.74) is 1.46. The Kier molecular flexibility index (Phi) is 3.12. The fourth-order valence-electron chi connectivity index (χ4n) is 1.54. The summed E-state index contributed by atoms with van der Waals surface area (Å²) in [6.45, 7) is 0. The first-order valence-electron chi connectivity index (χ1n) is 5.58. The standard InChI is InChI=1S/C13H8ClN5/c14-10-6-4-9(5-7-10)12-16-18-13(19-17-12)11-3-1-2-8-15-11/h1-8H. The van der Waals surface area contributed by atoms with Crippen molar-refractivity contribution in [2.24, 2.45) is 0 Å². The highest BCUT2D eigenvalue weighted by molar-refractivity contribution is 6.30. The molecule has 0 radical (unpaired) electrons. The number of hydrogen-bond acceptors (Lipinski definition) is 5. The molecule has 5 nitrogen and oxygen atoms in total. The Labute approximate surface area is 114 Å². The van der Waals surface area contributed by atoms with Gasteiger partial charge in [0.2, 0.25) is 11.6 Å². The number of hydrogen-bond donors (Lipinski definition) is 0. The monoisotopic (exact) mass is 269 g/mol. The first-order valence-corrected chi connectivity index (χ1v) is 5.95. The molecule has 3 aromatic rings. The van der Waals surface area contributed by atoms with Crippen molar-refractivity contribution < 1.29 is 0 Å². The highest BCUT2D eigenvalue weighted by Gasteiger charge is 2.06. The van der Waals surface area contributed by atoms with Gasteiger partial charge in [-0.15, -0.1) is 20.4 Å². The van der Waals surface area contributed by atoms with Crippen LogP contribution in [0.4, 0.5) is 0 Å². The van der Waals surface area contributed by atoms with Gasteiger partial charge in [-0.1, -0.05) is 17.7 Å². The third-order valence-corrected chi connectivity index (χ3v) is 2.73. The van der Waals surface area contributed by atoms with Crippen molar-refractivity contribution in [3.05, 3.63) is 53.7 Å². The maximum Gasteiger partial charge on any atom is 0.221 e. The van der Waals surface area contributed by atoms with Gasteiger partial charge in [0.1, 0.15) is 5.69 Å². The summed E-state index contributed by atoms with van der Waals surface area (Å²) in [5, 5.41) is 16.8. The Bertz CT molecular complexity index is 668. The molecular formula is C13H8ClN5. The third kappa shape index (κ3) is 2.56. The van der Waals surface area contributed by atoms with Gasteiger partial charge in [-0.2, -0.15) is 0 Å². The van der Waals surface area contributed by atoms with Crippen molar-refractivity contribution in [2.75, 3.05) is 0 Å². The molecule has 0 fully saturated rings. The maximum atomic E-state index is 5.82. The van der Waals surface area contributed by atoms with Crippen LogP contribution in [-0.2, 0) is 0 Å². The van der Waals surface area contributed by atoms with Crippen LogP contribution in [0.25, 0.3) is 22.9 Å². The van der Waals surface area contributed by atoms with E-state index >= 15 is 0 Å². The normalized spacial score (nSPS) is 10.4. The van der Waals surface area contributed by atoms with Crippen molar-refractivity contribution in [1.29, 1.82) is 0 Å². The second kappa shape index (κ2) is 5.07. The summed E-state index contributed by atoms with van der Waals surface area (Å²) < 4.78 is 0. The molecule has 6 heteroatoms. The molecule has 0 atom stereocenters. The van der Waals surface area contributed by atoms with Gasteiger partial charge in [0, 0.05) is 16.8 Å². The first kappa shape index (κ1) is 11.7. The predicted octanol–water partition coefficient (Wildman–Crippen LogP) is 2.65. The minimum absolute atomic E-state index is 0.401. The van der Waals surface area contributed by atoms with Crippen LogP contribution in [0.1, 0.15) is 0 Å². The molecular weight excluding hydrogens is 262 g/mol. The Balaban J connectivity index is 1.93. The second-order valence-electron chi connectivity index (χ2n) is 3.77. The average molecular weight is 270 g/mol. The van der Waals surface area contributed by atoms with E-state index in [0.29, 0.717) is 22.4 Å². The molecule has 0 saturated carbocycles. The molecule has 0 unspecified atom stereocenters. The van der Waals surface area contributed by atoms with Crippen LogP contribution in [-0.4, -0.2) is 25.4 Å². The molecule has 2 aromatic heterocycles. The van der Waals surface area contributed by atoms with Gasteiger partial charge >= 0.3 is 0 Å². The molecule has 0 aliphatic heterocycles. The lowest BCUT2D eigenvalue weighted by atomic mass is 10.2. The van der Waals surface area contributed by atoms with Crippen LogP contribution < -0.4 is 0 Å². The van der Waals surface area contributed by atoms with E-state index in [-0.39, 0.29) is 0 Å². The van der Waals surface area contributed by atoms with Gasteiger partial charge in [-0.05, 0) is 36.4 Å². The van der Waals surface area contributed by atoms with Gasteiger partial charge in [0.25, 0.3) is 0 Å². The van der Waals surface area contributed by atoms with Gasteiger partial charge in [-0.25, -0.2) is 0 Å². The molecule has 2 heterocycles. The Morgan fingerprint density at radius 2 is 1.42 bits per heavy atom. The van der Waals surface area contributed by atoms with Gasteiger partial charge in [-0.3, -0.25) is 4.98 Å². The van der Waals surface area contributed by atoms with Crippen molar-refractivity contribution >= 4 is 11.6 Å². The molecule has 92 valence electrons. The molecule has 0 aliphatic rings. The van der Waals surface area contributed by atoms with E-state index in [9.17, 15) is 0 Å². The van der Waals surface area contributed by atoms with Crippen molar-refractivity contribution in [1.82, 2.24) is 25.4 Å². The lowest BCUT2D eigenvalue weighted by molar-refractivity contribution is 0.870. The quantitative estimate of drug-likeness (QED) is 0.716. The topological polar surface area (TPSA) is 64.5 Å². The highest BCUT2D eigenvalue weighted by atomic mass is 35.5. The van der Waals surface area contributed by atoms with Gasteiger partial charge in [0.15, 0.2) is 0 Å². The molecule has 0 spiro atoms. The Morgan fingerprint density at radius 3 is 2.05 bits per heavy atom. The molecule has 19 heavy (non-hydrogen) atoms. The van der Waals surface area contributed by atoms with E-state index in [1.54, 1.807) is 24.4 Å². The third-order valence-electron chi connectivity index (χ3n) is 2.48. The van der Waals surface area contributed by atoms with Crippen molar-refractivity contribution in [3.8, 4) is 22.9 Å². The van der Waals surface area contributed by atoms with E-state index in [4.69, 9.17) is 11.6 Å². The van der Waals surface area contributed by atoms with Crippen molar-refractivity contribution in [3.63, 3.8) is 0 Å². The number of aromatic nitrogens is 5. The van der Waals surface area contributed by atoms with Crippen molar-refractivity contribution in [2.45, 2.75) is 0 Å². The predicted molar refractivity (Wildman–Crippen MR) is 71.3 cm³/mol. The Morgan fingerprint density at radius 1 is 0.737 bits per heavy atom. The summed E-state index contributed by atoms with van der Waals surface area (Å²) in [7, 11) is 0. The second-order valence-corrected chi connectivity index (χ2v) is 4.21. The van der Waals surface area contributed by atoms with E-state index in [2.05, 4.69) is 25.4 Å². The van der Waals surface area contributed by atoms with E-state index in [1.165, 1.54) is 0 Å². The lowest BCUT2D eigenvalue weighted by Crippen LogP contribution is -2.00. The van der Waals surface area contributed by atoms with Crippen LogP contribution >= 0.6 is 11.6 Å². The zero-order chi connectivity index (χ0) is 13.1. The number of pyridine rings is 1. The lowest BCUT2D eigenvalue weighted by Gasteiger charge is -2.00. The van der Waals surface area contributed by atoms with Crippen LogP contribution in [0.2, 0.25) is 5.02 Å². The summed E-state index contributed by atoms with van der Waals surface area (Å²) in [5.74, 6) is 0.856. The first-order chi connectivity index (χ1) is 9.33. The SMILES string of the molecule is Clc1ccc(-c2nnc(-c3ccccn3)nn2)cc1. The number of halogens is 1. The zero-order valence-electron chi connectivity index (χ0n) is 9.73. The molecule has 0 N–H and O–H groups in total. The summed E-state index contributed by atoms with van der Waals surface area (Å²) in [6.07, 6.45) is 1.67. The maximum absolute atomic E-state index is 5.82. The largest absolute Gasteiger partial charge is 0.253 e. The smallest absolute Gasteiger partial charge is 0.221 e. The van der Waals surface area contributed by atoms with E-state index in [0.717, 1.165) is 5.56 Å². The van der Waals surface area contributed by atoms with Crippen LogP contribution in [0.5, 0.6) is 0 Å². The van der Waals surface area contributed by atoms with Crippen LogP contribution in [0.15, 0.2) is 48.7 Å². The Hall–Kier alpha value is -2.40. The minimum Gasteiger partial charge on any atom is -0.253 e. The van der Waals surface area contributed by atoms with E-state index < -0.39 is 0 Å². The van der Waals surface area contributed by atoms with Gasteiger partial charge < -0.3 is 0 Å². The molecule has 0 amide bonds. The fraction of sp³-hybridized carbons (Fsp3) is 0. The summed E-state index contributed by atoms with van der Waals surface area (Å²) in [6, 6.07) is 12.7. The molecule has 3 rings (SSSR count). The number of benzene rings is 1. The average Bonchev–Trinajstić information content (AvgIpc) is 2.49. The molecule has 0 bridgehead atoms. The molecule has 0 aliphatic carbocycles. The molecule has 0 saturated heterocycles. The van der Waals surface area contributed by atoms with Gasteiger partial charge in [0.05, 0.1) is 0 Å². The summed E-state index contributed by atoms with van der Waals surface area (Å²) >= 11 is 5.82. The van der Waals surface area contributed by atoms with E-state index in [1.807, 2.05) is 24.3 Å². The van der Waals surface area contributed by atoms with Crippen LogP contribution in [0, 0.1) is 0 Å². The number of nitrogens with zero attached hydrogens (tertiary/aromatic N) is 5. The highest BCUT2D eigenvalue weighted by Crippen LogP contribution is 2.17. The van der Waals surface area contributed by atoms with Crippen LogP contribution in [0.3, 0.4) is 0 Å². The molecule has 1 aromatic carbocycles. The number of rotatable bonds is 2. The summed E-state index contributed by atoms with van der Waals surface area (Å²) in [4.78, 5) is 4.14. The zero-order valence-corrected chi connectivity index (χ0v) is 10.5. The minimum atomic E-state index is 0.401.